The highest BCUT2D eigenvalue weighted by molar-refractivity contribution is 8.00. The van der Waals surface area contributed by atoms with Crippen LogP contribution in [0.3, 0.4) is 0 Å². The maximum atomic E-state index is 13.2. The lowest BCUT2D eigenvalue weighted by molar-refractivity contribution is -0.115. The molecular weight excluding hydrogens is 597 g/mol. The molecule has 2 aromatic heterocycles. The summed E-state index contributed by atoms with van der Waals surface area (Å²) in [4.78, 5) is 25.7. The van der Waals surface area contributed by atoms with Crippen molar-refractivity contribution in [1.82, 2.24) is 15.0 Å². The van der Waals surface area contributed by atoms with Crippen LogP contribution in [0.2, 0.25) is 0 Å². The highest BCUT2D eigenvalue weighted by Crippen LogP contribution is 2.36. The minimum Gasteiger partial charge on any atom is -0.497 e. The van der Waals surface area contributed by atoms with Gasteiger partial charge in [0.2, 0.25) is 11.9 Å². The van der Waals surface area contributed by atoms with Crippen LogP contribution in [-0.4, -0.2) is 41.6 Å². The number of carbonyl (C=O) groups excluding carboxylic acids is 1. The molecule has 0 spiro atoms. The Hall–Kier alpha value is -5.25. The number of hydrogen-bond donors (Lipinski definition) is 2. The van der Waals surface area contributed by atoms with Crippen molar-refractivity contribution in [2.24, 2.45) is 0 Å². The Kier molecular flexibility index (Phi) is 9.18. The number of amides is 1. The summed E-state index contributed by atoms with van der Waals surface area (Å²) in [5.74, 6) is 0.298. The third-order valence-corrected chi connectivity index (χ3v) is 8.88. The molecule has 10 nitrogen and oxygen atoms in total. The van der Waals surface area contributed by atoms with E-state index in [9.17, 15) is 18.5 Å². The van der Waals surface area contributed by atoms with E-state index >= 15 is 0 Å². The Morgan fingerprint density at radius 1 is 0.932 bits per heavy atom. The number of pyridine rings is 1. The van der Waals surface area contributed by atoms with E-state index in [0.29, 0.717) is 33.3 Å². The van der Waals surface area contributed by atoms with Gasteiger partial charge in [-0.3, -0.25) is 4.79 Å². The molecule has 0 bridgehead atoms. The lowest BCUT2D eigenvalue weighted by Gasteiger charge is -2.16. The van der Waals surface area contributed by atoms with E-state index in [1.54, 1.807) is 20.1 Å². The first-order chi connectivity index (χ1) is 21.3. The van der Waals surface area contributed by atoms with Crippen LogP contribution in [0.15, 0.2) is 113 Å². The summed E-state index contributed by atoms with van der Waals surface area (Å²) >= 11 is 1.17. The summed E-state index contributed by atoms with van der Waals surface area (Å²) in [7, 11) is -2.33. The second-order valence-electron chi connectivity index (χ2n) is 9.39. The Morgan fingerprint density at radius 2 is 1.61 bits per heavy atom. The SMILES string of the molecule is COc1ccc(-c2cc(-c3ccccc3)nc(SC(C)C(=O)Nc3ccc(S(=O)(=O)Nc4ncccn4)cc3)c2C#N)cc1. The fraction of sp³-hybridized carbons (Fsp3) is 0.0938. The van der Waals surface area contributed by atoms with E-state index in [0.717, 1.165) is 11.1 Å². The van der Waals surface area contributed by atoms with Crippen molar-refractivity contribution in [3.8, 4) is 34.2 Å². The third kappa shape index (κ3) is 7.03. The predicted octanol–water partition coefficient (Wildman–Crippen LogP) is 6.01. The highest BCUT2D eigenvalue weighted by Gasteiger charge is 2.22. The molecule has 44 heavy (non-hydrogen) atoms. The van der Waals surface area contributed by atoms with E-state index in [1.165, 1.54) is 48.4 Å². The van der Waals surface area contributed by atoms with E-state index in [2.05, 4.69) is 26.1 Å². The number of benzene rings is 3. The zero-order chi connectivity index (χ0) is 31.1. The van der Waals surface area contributed by atoms with Gasteiger partial charge in [-0.15, -0.1) is 0 Å². The van der Waals surface area contributed by atoms with E-state index < -0.39 is 15.3 Å². The van der Waals surface area contributed by atoms with Gasteiger partial charge in [-0.2, -0.15) is 5.26 Å². The molecule has 0 saturated carbocycles. The molecule has 0 aliphatic carbocycles. The number of hydrogen-bond acceptors (Lipinski definition) is 9. The smallest absolute Gasteiger partial charge is 0.264 e. The average molecular weight is 623 g/mol. The van der Waals surface area contributed by atoms with Crippen molar-refractivity contribution in [1.29, 1.82) is 5.26 Å². The number of anilines is 2. The Labute approximate surface area is 259 Å². The van der Waals surface area contributed by atoms with E-state index in [-0.39, 0.29) is 16.8 Å². The van der Waals surface area contributed by atoms with Gasteiger partial charge in [-0.25, -0.2) is 28.1 Å². The van der Waals surface area contributed by atoms with Gasteiger partial charge >= 0.3 is 0 Å². The molecular formula is C32H26N6O4S2. The number of nitriles is 1. The quantitative estimate of drug-likeness (QED) is 0.179. The number of aromatic nitrogens is 3. The molecule has 1 unspecified atom stereocenters. The van der Waals surface area contributed by atoms with Crippen molar-refractivity contribution in [3.63, 3.8) is 0 Å². The average Bonchev–Trinajstić information content (AvgIpc) is 3.05. The number of rotatable bonds is 10. The largest absolute Gasteiger partial charge is 0.497 e. The predicted molar refractivity (Wildman–Crippen MR) is 170 cm³/mol. The number of carbonyl (C=O) groups is 1. The molecule has 0 radical (unpaired) electrons. The number of methoxy groups -OCH3 is 1. The maximum absolute atomic E-state index is 13.2. The monoisotopic (exact) mass is 622 g/mol. The summed E-state index contributed by atoms with van der Waals surface area (Å²) in [5, 5.41) is 12.8. The molecule has 0 aliphatic heterocycles. The zero-order valence-electron chi connectivity index (χ0n) is 23.6. The lowest BCUT2D eigenvalue weighted by atomic mass is 9.99. The normalized spacial score (nSPS) is 11.7. The van der Waals surface area contributed by atoms with Crippen LogP contribution in [0.4, 0.5) is 11.6 Å². The fourth-order valence-electron chi connectivity index (χ4n) is 4.18. The summed E-state index contributed by atoms with van der Waals surface area (Å²) < 4.78 is 33.0. The lowest BCUT2D eigenvalue weighted by Crippen LogP contribution is -2.23. The number of thioether (sulfide) groups is 1. The van der Waals surface area contributed by atoms with Crippen LogP contribution >= 0.6 is 11.8 Å². The summed E-state index contributed by atoms with van der Waals surface area (Å²) in [6.07, 6.45) is 2.85. The molecule has 2 heterocycles. The van der Waals surface area contributed by atoms with Crippen LogP contribution in [-0.2, 0) is 14.8 Å². The van der Waals surface area contributed by atoms with Gasteiger partial charge in [0.15, 0.2) is 0 Å². The maximum Gasteiger partial charge on any atom is 0.264 e. The molecule has 12 heteroatoms. The first kappa shape index (κ1) is 30.2. The molecule has 1 atom stereocenters. The van der Waals surface area contributed by atoms with Gasteiger partial charge < -0.3 is 10.1 Å². The molecule has 0 aliphatic rings. The standard InChI is InChI=1S/C32H26N6O4S2/c1-21(30(39)36-24-11-15-26(16-12-24)44(40,41)38-32-34-17-6-18-35-32)43-31-28(20-33)27(22-9-13-25(42-2)14-10-22)19-29(37-31)23-7-4-3-5-8-23/h3-19,21H,1-2H3,(H,36,39)(H,34,35,38). The van der Waals surface area contributed by atoms with Crippen LogP contribution in [0.1, 0.15) is 12.5 Å². The summed E-state index contributed by atoms with van der Waals surface area (Å²) in [6.45, 7) is 1.72. The minimum atomic E-state index is -3.92. The number of sulfonamides is 1. The van der Waals surface area contributed by atoms with Gasteiger partial charge in [0.25, 0.3) is 10.0 Å². The summed E-state index contributed by atoms with van der Waals surface area (Å²) in [5.41, 5.74) is 3.78. The molecule has 3 aromatic carbocycles. The van der Waals surface area contributed by atoms with Crippen molar-refractivity contribution < 1.29 is 17.9 Å². The summed E-state index contributed by atoms with van der Waals surface area (Å²) in [6, 6.07) is 28.5. The van der Waals surface area contributed by atoms with Crippen LogP contribution in [0.5, 0.6) is 5.75 Å². The van der Waals surface area contributed by atoms with Crippen molar-refractivity contribution in [2.45, 2.75) is 22.1 Å². The first-order valence-electron chi connectivity index (χ1n) is 13.3. The Bertz CT molecular complexity index is 1920. The van der Waals surface area contributed by atoms with Crippen LogP contribution < -0.4 is 14.8 Å². The zero-order valence-corrected chi connectivity index (χ0v) is 25.3. The topological polar surface area (TPSA) is 147 Å². The van der Waals surface area contributed by atoms with Gasteiger partial charge in [0.1, 0.15) is 16.8 Å². The van der Waals surface area contributed by atoms with E-state index in [1.807, 2.05) is 60.7 Å². The van der Waals surface area contributed by atoms with Crippen LogP contribution in [0.25, 0.3) is 22.4 Å². The molecule has 5 aromatic rings. The van der Waals surface area contributed by atoms with Gasteiger partial charge in [-0.1, -0.05) is 54.2 Å². The third-order valence-electron chi connectivity index (χ3n) is 6.45. The van der Waals surface area contributed by atoms with Gasteiger partial charge in [-0.05, 0) is 61.0 Å². The van der Waals surface area contributed by atoms with Crippen LogP contribution in [0, 0.1) is 11.3 Å². The molecule has 1 amide bonds. The van der Waals surface area contributed by atoms with Crippen molar-refractivity contribution >= 4 is 39.3 Å². The minimum absolute atomic E-state index is 0.0166. The Balaban J connectivity index is 1.38. The second-order valence-corrected chi connectivity index (χ2v) is 12.4. The Morgan fingerprint density at radius 3 is 2.25 bits per heavy atom. The van der Waals surface area contributed by atoms with Gasteiger partial charge in [0, 0.05) is 29.2 Å². The second kappa shape index (κ2) is 13.4. The molecule has 220 valence electrons. The number of nitrogens with zero attached hydrogens (tertiary/aromatic N) is 4. The van der Waals surface area contributed by atoms with Crippen molar-refractivity contribution in [2.75, 3.05) is 17.1 Å². The van der Waals surface area contributed by atoms with Gasteiger partial charge in [0.05, 0.1) is 28.5 Å². The highest BCUT2D eigenvalue weighted by atomic mass is 32.2. The number of nitrogens with one attached hydrogen (secondary N) is 2. The van der Waals surface area contributed by atoms with E-state index in [4.69, 9.17) is 9.72 Å². The molecule has 2 N–H and O–H groups in total. The molecule has 0 fully saturated rings. The first-order valence-corrected chi connectivity index (χ1v) is 15.7. The molecule has 5 rings (SSSR count). The number of ether oxygens (including phenoxy) is 1. The fourth-order valence-corrected chi connectivity index (χ4v) is 6.07. The molecule has 0 saturated heterocycles. The van der Waals surface area contributed by atoms with Crippen molar-refractivity contribution in [3.05, 3.63) is 109 Å².